The first-order valence-electron chi connectivity index (χ1n) is 6.84. The molecule has 1 amide bonds. The third kappa shape index (κ3) is 4.19. The van der Waals surface area contributed by atoms with Gasteiger partial charge in [-0.1, -0.05) is 29.8 Å². The van der Waals surface area contributed by atoms with E-state index in [1.54, 1.807) is 11.0 Å². The number of hydrogen-bond donors (Lipinski definition) is 0. The number of morpholine rings is 1. The van der Waals surface area contributed by atoms with E-state index in [9.17, 15) is 13.2 Å². The summed E-state index contributed by atoms with van der Waals surface area (Å²) < 4.78 is 29.5. The second-order valence-electron chi connectivity index (χ2n) is 5.24. The fourth-order valence-corrected chi connectivity index (χ4v) is 2.81. The van der Waals surface area contributed by atoms with Gasteiger partial charge in [0.2, 0.25) is 15.9 Å². The van der Waals surface area contributed by atoms with Crippen molar-refractivity contribution in [3.05, 3.63) is 34.9 Å². The van der Waals surface area contributed by atoms with Gasteiger partial charge in [-0.05, 0) is 6.07 Å². The van der Waals surface area contributed by atoms with Crippen molar-refractivity contribution in [2.75, 3.05) is 39.5 Å². The van der Waals surface area contributed by atoms with Crippen LogP contribution in [0.5, 0.6) is 0 Å². The maximum absolute atomic E-state index is 12.2. The summed E-state index contributed by atoms with van der Waals surface area (Å²) in [5.41, 5.74) is 0.832. The molecule has 0 aliphatic carbocycles. The first-order valence-corrected chi connectivity index (χ1v) is 9.07. The van der Waals surface area contributed by atoms with Crippen molar-refractivity contribution in [3.8, 4) is 0 Å². The lowest BCUT2D eigenvalue weighted by molar-refractivity contribution is -0.139. The molecule has 122 valence electrons. The van der Waals surface area contributed by atoms with E-state index in [2.05, 4.69) is 0 Å². The Hall–Kier alpha value is -1.15. The number of rotatable bonds is 4. The van der Waals surface area contributed by atoms with Gasteiger partial charge in [-0.3, -0.25) is 4.79 Å². The zero-order valence-corrected chi connectivity index (χ0v) is 14.1. The highest BCUT2D eigenvalue weighted by Crippen LogP contribution is 2.28. The van der Waals surface area contributed by atoms with Crippen molar-refractivity contribution in [2.24, 2.45) is 0 Å². The number of carbonyl (C=O) groups excluding carboxylic acids is 1. The largest absolute Gasteiger partial charge is 0.370 e. The van der Waals surface area contributed by atoms with Gasteiger partial charge in [0.25, 0.3) is 0 Å². The normalized spacial score (nSPS) is 19.5. The van der Waals surface area contributed by atoms with Gasteiger partial charge in [-0.2, -0.15) is 4.31 Å². The van der Waals surface area contributed by atoms with Crippen LogP contribution in [0, 0.1) is 0 Å². The van der Waals surface area contributed by atoms with Crippen LogP contribution >= 0.6 is 11.6 Å². The summed E-state index contributed by atoms with van der Waals surface area (Å²) in [7, 11) is -1.99. The van der Waals surface area contributed by atoms with E-state index in [4.69, 9.17) is 16.3 Å². The number of hydrogen-bond acceptors (Lipinski definition) is 4. The average molecular weight is 347 g/mol. The van der Waals surface area contributed by atoms with E-state index in [0.29, 0.717) is 24.7 Å². The van der Waals surface area contributed by atoms with Crippen LogP contribution in [-0.2, 0) is 19.6 Å². The minimum absolute atomic E-state index is 0.173. The van der Waals surface area contributed by atoms with Gasteiger partial charge in [-0.15, -0.1) is 0 Å². The van der Waals surface area contributed by atoms with E-state index >= 15 is 0 Å². The lowest BCUT2D eigenvalue weighted by Gasteiger charge is -2.34. The third-order valence-corrected chi connectivity index (χ3v) is 5.20. The molecule has 1 heterocycles. The molecule has 1 aromatic rings. The van der Waals surface area contributed by atoms with Crippen LogP contribution in [-0.4, -0.2) is 63.1 Å². The molecule has 0 aromatic heterocycles. The molecule has 0 saturated carbocycles. The van der Waals surface area contributed by atoms with Crippen molar-refractivity contribution in [1.82, 2.24) is 9.21 Å². The Labute approximate surface area is 135 Å². The molecule has 0 radical (unpaired) electrons. The Kier molecular flexibility index (Phi) is 5.44. The van der Waals surface area contributed by atoms with E-state index in [-0.39, 0.29) is 18.6 Å². The summed E-state index contributed by atoms with van der Waals surface area (Å²) >= 11 is 6.16. The molecular formula is C14H19ClN2O4S. The van der Waals surface area contributed by atoms with Gasteiger partial charge in [0.1, 0.15) is 6.10 Å². The highest BCUT2D eigenvalue weighted by atomic mass is 35.5. The first kappa shape index (κ1) is 17.2. The van der Waals surface area contributed by atoms with Crippen LogP contribution in [0.15, 0.2) is 24.3 Å². The fraction of sp³-hybridized carbons (Fsp3) is 0.500. The Morgan fingerprint density at radius 1 is 1.45 bits per heavy atom. The maximum Gasteiger partial charge on any atom is 0.238 e. The number of nitrogens with zero attached hydrogens (tertiary/aromatic N) is 2. The Balaban J connectivity index is 2.05. The second-order valence-corrected chi connectivity index (χ2v) is 7.74. The molecule has 1 aliphatic heterocycles. The summed E-state index contributed by atoms with van der Waals surface area (Å²) in [6.07, 6.45) is 0.779. The highest BCUT2D eigenvalue weighted by Gasteiger charge is 2.28. The smallest absolute Gasteiger partial charge is 0.238 e. The zero-order valence-electron chi connectivity index (χ0n) is 12.5. The van der Waals surface area contributed by atoms with Gasteiger partial charge in [-0.25, -0.2) is 8.42 Å². The molecular weight excluding hydrogens is 328 g/mol. The molecule has 0 spiro atoms. The number of halogens is 1. The Morgan fingerprint density at radius 3 is 2.77 bits per heavy atom. The summed E-state index contributed by atoms with van der Waals surface area (Å²) in [4.78, 5) is 13.9. The molecule has 8 heteroatoms. The van der Waals surface area contributed by atoms with Crippen molar-refractivity contribution in [3.63, 3.8) is 0 Å². The molecule has 1 aromatic carbocycles. The number of likely N-dealkylation sites (N-methyl/N-ethyl adjacent to an activating group) is 1. The minimum atomic E-state index is -3.38. The summed E-state index contributed by atoms with van der Waals surface area (Å²) in [6, 6.07) is 7.34. The van der Waals surface area contributed by atoms with Crippen molar-refractivity contribution in [2.45, 2.75) is 6.10 Å². The SMILES string of the molecule is CN(CC(=O)N1CCO[C@@H](c2ccccc2Cl)C1)S(C)(=O)=O. The Bertz CT molecular complexity index is 650. The van der Waals surface area contributed by atoms with Crippen molar-refractivity contribution >= 4 is 27.5 Å². The predicted octanol–water partition coefficient (Wildman–Crippen LogP) is 1.13. The third-order valence-electron chi connectivity index (χ3n) is 3.60. The zero-order chi connectivity index (χ0) is 16.3. The maximum atomic E-state index is 12.2. The second kappa shape index (κ2) is 6.95. The van der Waals surface area contributed by atoms with Gasteiger partial charge >= 0.3 is 0 Å². The van der Waals surface area contributed by atoms with E-state index in [1.165, 1.54) is 7.05 Å². The fourth-order valence-electron chi connectivity index (χ4n) is 2.21. The van der Waals surface area contributed by atoms with E-state index < -0.39 is 10.0 Å². The first-order chi connectivity index (χ1) is 10.3. The molecule has 1 aliphatic rings. The molecule has 0 bridgehead atoms. The molecule has 2 rings (SSSR count). The topological polar surface area (TPSA) is 66.9 Å². The molecule has 1 atom stereocenters. The van der Waals surface area contributed by atoms with Crippen LogP contribution < -0.4 is 0 Å². The van der Waals surface area contributed by atoms with Crippen LogP contribution in [0.2, 0.25) is 5.02 Å². The number of amides is 1. The molecule has 1 fully saturated rings. The van der Waals surface area contributed by atoms with Crippen LogP contribution in [0.25, 0.3) is 0 Å². The Morgan fingerprint density at radius 2 is 2.14 bits per heavy atom. The van der Waals surface area contributed by atoms with Crippen LogP contribution in [0.3, 0.4) is 0 Å². The predicted molar refractivity (Wildman–Crippen MR) is 84.2 cm³/mol. The molecule has 1 saturated heterocycles. The average Bonchev–Trinajstić information content (AvgIpc) is 2.47. The quantitative estimate of drug-likeness (QED) is 0.819. The van der Waals surface area contributed by atoms with Crippen LogP contribution in [0.1, 0.15) is 11.7 Å². The lowest BCUT2D eigenvalue weighted by Crippen LogP contribution is -2.46. The summed E-state index contributed by atoms with van der Waals surface area (Å²) in [5, 5.41) is 0.593. The standard InChI is InChI=1S/C14H19ClN2O4S/c1-16(22(2,19)20)10-14(18)17-7-8-21-13(9-17)11-5-3-4-6-12(11)15/h3-6,13H,7-10H2,1-2H3/t13-/m1/s1. The number of ether oxygens (including phenoxy) is 1. The molecule has 22 heavy (non-hydrogen) atoms. The van der Waals surface area contributed by atoms with Gasteiger partial charge in [0, 0.05) is 24.2 Å². The molecule has 6 nitrogen and oxygen atoms in total. The van der Waals surface area contributed by atoms with Gasteiger partial charge < -0.3 is 9.64 Å². The minimum Gasteiger partial charge on any atom is -0.370 e. The van der Waals surface area contributed by atoms with E-state index in [1.807, 2.05) is 18.2 Å². The molecule has 0 N–H and O–H groups in total. The number of carbonyl (C=O) groups is 1. The van der Waals surface area contributed by atoms with E-state index in [0.717, 1.165) is 16.1 Å². The van der Waals surface area contributed by atoms with Gasteiger partial charge in [0.15, 0.2) is 0 Å². The summed E-state index contributed by atoms with van der Waals surface area (Å²) in [5.74, 6) is -0.242. The monoisotopic (exact) mass is 346 g/mol. The lowest BCUT2D eigenvalue weighted by atomic mass is 10.1. The highest BCUT2D eigenvalue weighted by molar-refractivity contribution is 7.88. The summed E-state index contributed by atoms with van der Waals surface area (Å²) in [6.45, 7) is 1.02. The van der Waals surface area contributed by atoms with Crippen molar-refractivity contribution < 1.29 is 17.9 Å². The number of benzene rings is 1. The van der Waals surface area contributed by atoms with Crippen molar-refractivity contribution in [1.29, 1.82) is 0 Å². The molecule has 0 unspecified atom stereocenters. The number of sulfonamides is 1. The van der Waals surface area contributed by atoms with Crippen LogP contribution in [0.4, 0.5) is 0 Å². The van der Waals surface area contributed by atoms with Gasteiger partial charge in [0.05, 0.1) is 26.0 Å².